The fraction of sp³-hybridized carbons (Fsp3) is 0.667. The normalized spacial score (nSPS) is 29.3. The van der Waals surface area contributed by atoms with Gasteiger partial charge in [-0.2, -0.15) is 0 Å². The van der Waals surface area contributed by atoms with Crippen molar-refractivity contribution < 1.29 is 4.79 Å². The summed E-state index contributed by atoms with van der Waals surface area (Å²) in [7, 11) is 2.09. The van der Waals surface area contributed by atoms with Crippen LogP contribution < -0.4 is 0 Å². The van der Waals surface area contributed by atoms with Crippen molar-refractivity contribution in [2.45, 2.75) is 25.7 Å². The zero-order valence-corrected chi connectivity index (χ0v) is 13.7. The van der Waals surface area contributed by atoms with E-state index in [2.05, 4.69) is 27.9 Å². The summed E-state index contributed by atoms with van der Waals surface area (Å²) in [5, 5.41) is 1.97. The first-order valence-corrected chi connectivity index (χ1v) is 8.75. The highest BCUT2D eigenvalue weighted by atomic mass is 79.9. The molecule has 3 unspecified atom stereocenters. The van der Waals surface area contributed by atoms with Crippen LogP contribution >= 0.6 is 27.3 Å². The Labute approximate surface area is 127 Å². The van der Waals surface area contributed by atoms with E-state index in [9.17, 15) is 4.79 Å². The lowest BCUT2D eigenvalue weighted by Gasteiger charge is -2.26. The van der Waals surface area contributed by atoms with Crippen molar-refractivity contribution in [1.29, 1.82) is 0 Å². The van der Waals surface area contributed by atoms with E-state index >= 15 is 0 Å². The standard InChI is InChI=1S/C15H20BrNOS/c1-17(8-12-7-10-2-3-11(12)6-10)9-14(18)15-13(16)4-5-19-15/h4-5,10-12H,2-3,6-9H2,1H3. The molecule has 2 aliphatic carbocycles. The van der Waals surface area contributed by atoms with E-state index in [0.717, 1.165) is 33.6 Å². The molecule has 2 nitrogen and oxygen atoms in total. The van der Waals surface area contributed by atoms with E-state index in [1.54, 1.807) is 0 Å². The lowest BCUT2D eigenvalue weighted by atomic mass is 9.88. The van der Waals surface area contributed by atoms with Gasteiger partial charge >= 0.3 is 0 Å². The summed E-state index contributed by atoms with van der Waals surface area (Å²) >= 11 is 4.97. The zero-order valence-electron chi connectivity index (χ0n) is 11.3. The minimum Gasteiger partial charge on any atom is -0.299 e. The molecule has 0 radical (unpaired) electrons. The van der Waals surface area contributed by atoms with Crippen LogP contribution in [0.25, 0.3) is 0 Å². The molecule has 1 aromatic rings. The second-order valence-corrected chi connectivity index (χ2v) is 7.92. The molecule has 0 amide bonds. The molecule has 2 saturated carbocycles. The molecular formula is C15H20BrNOS. The van der Waals surface area contributed by atoms with Crippen molar-refractivity contribution in [2.75, 3.05) is 20.1 Å². The maximum atomic E-state index is 12.2. The van der Waals surface area contributed by atoms with Crippen molar-refractivity contribution in [3.8, 4) is 0 Å². The van der Waals surface area contributed by atoms with Crippen molar-refractivity contribution >= 4 is 33.0 Å². The number of thiophene rings is 1. The average Bonchev–Trinajstić information content (AvgIpc) is 3.04. The van der Waals surface area contributed by atoms with Gasteiger partial charge in [0.25, 0.3) is 0 Å². The van der Waals surface area contributed by atoms with Crippen molar-refractivity contribution in [3.05, 3.63) is 20.8 Å². The maximum absolute atomic E-state index is 12.2. The number of rotatable bonds is 5. The Morgan fingerprint density at radius 1 is 1.47 bits per heavy atom. The molecule has 2 bridgehead atoms. The number of fused-ring (bicyclic) bond motifs is 2. The summed E-state index contributed by atoms with van der Waals surface area (Å²) in [4.78, 5) is 15.3. The van der Waals surface area contributed by atoms with Crippen LogP contribution in [0.5, 0.6) is 0 Å². The smallest absolute Gasteiger partial charge is 0.187 e. The predicted molar refractivity (Wildman–Crippen MR) is 82.8 cm³/mol. The Morgan fingerprint density at radius 2 is 2.32 bits per heavy atom. The summed E-state index contributed by atoms with van der Waals surface area (Å²) in [5.74, 6) is 3.01. The maximum Gasteiger partial charge on any atom is 0.187 e. The summed E-state index contributed by atoms with van der Waals surface area (Å²) in [5.41, 5.74) is 0. The number of ketones is 1. The Balaban J connectivity index is 1.53. The van der Waals surface area contributed by atoms with Crippen molar-refractivity contribution in [1.82, 2.24) is 4.90 Å². The van der Waals surface area contributed by atoms with Gasteiger partial charge in [0.15, 0.2) is 5.78 Å². The van der Waals surface area contributed by atoms with E-state index in [0.29, 0.717) is 6.54 Å². The molecule has 0 aromatic carbocycles. The largest absolute Gasteiger partial charge is 0.299 e. The fourth-order valence-corrected chi connectivity index (χ4v) is 5.40. The number of hydrogen-bond acceptors (Lipinski definition) is 3. The van der Waals surface area contributed by atoms with Crippen LogP contribution in [-0.4, -0.2) is 30.8 Å². The van der Waals surface area contributed by atoms with Gasteiger partial charge in [0.05, 0.1) is 11.4 Å². The minimum absolute atomic E-state index is 0.243. The molecule has 19 heavy (non-hydrogen) atoms. The first-order chi connectivity index (χ1) is 9.13. The monoisotopic (exact) mass is 341 g/mol. The van der Waals surface area contributed by atoms with Crippen LogP contribution in [-0.2, 0) is 0 Å². The quantitative estimate of drug-likeness (QED) is 0.752. The van der Waals surface area contributed by atoms with E-state index in [-0.39, 0.29) is 5.78 Å². The Hall–Kier alpha value is -0.190. The molecule has 3 rings (SSSR count). The highest BCUT2D eigenvalue weighted by molar-refractivity contribution is 9.10. The number of carbonyl (C=O) groups is 1. The predicted octanol–water partition coefficient (Wildman–Crippen LogP) is 4.06. The molecule has 3 atom stereocenters. The van der Waals surface area contributed by atoms with Crippen LogP contribution in [0.4, 0.5) is 0 Å². The van der Waals surface area contributed by atoms with Gasteiger partial charge in [0.1, 0.15) is 0 Å². The molecule has 0 aliphatic heterocycles. The Kier molecular flexibility index (Phi) is 4.11. The molecule has 4 heteroatoms. The van der Waals surface area contributed by atoms with Gasteiger partial charge in [0.2, 0.25) is 0 Å². The highest BCUT2D eigenvalue weighted by Crippen LogP contribution is 2.48. The fourth-order valence-electron chi connectivity index (χ4n) is 3.87. The van der Waals surface area contributed by atoms with E-state index in [1.165, 1.54) is 37.0 Å². The van der Waals surface area contributed by atoms with Crippen molar-refractivity contribution in [3.63, 3.8) is 0 Å². The minimum atomic E-state index is 0.243. The van der Waals surface area contributed by atoms with Gasteiger partial charge < -0.3 is 0 Å². The van der Waals surface area contributed by atoms with Gasteiger partial charge in [-0.1, -0.05) is 6.42 Å². The first kappa shape index (κ1) is 13.8. The number of Topliss-reactive ketones (excluding diaryl/α,β-unsaturated/α-hetero) is 1. The van der Waals surface area contributed by atoms with Crippen LogP contribution in [0.15, 0.2) is 15.9 Å². The lowest BCUT2D eigenvalue weighted by molar-refractivity contribution is 0.0932. The van der Waals surface area contributed by atoms with E-state index in [4.69, 9.17) is 0 Å². The van der Waals surface area contributed by atoms with Gasteiger partial charge in [-0.25, -0.2) is 0 Å². The highest BCUT2D eigenvalue weighted by Gasteiger charge is 2.39. The first-order valence-electron chi connectivity index (χ1n) is 7.08. The average molecular weight is 342 g/mol. The number of carbonyl (C=O) groups excluding carboxylic acids is 1. The van der Waals surface area contributed by atoms with Gasteiger partial charge in [-0.3, -0.25) is 9.69 Å². The number of nitrogens with zero attached hydrogens (tertiary/aromatic N) is 1. The van der Waals surface area contributed by atoms with Crippen molar-refractivity contribution in [2.24, 2.45) is 17.8 Å². The summed E-state index contributed by atoms with van der Waals surface area (Å²) in [6.45, 7) is 1.64. The zero-order chi connectivity index (χ0) is 13.4. The molecule has 1 aromatic heterocycles. The number of halogens is 1. The summed E-state index contributed by atoms with van der Waals surface area (Å²) in [6, 6.07) is 1.95. The summed E-state index contributed by atoms with van der Waals surface area (Å²) in [6.07, 6.45) is 5.72. The molecular weight excluding hydrogens is 322 g/mol. The molecule has 0 saturated heterocycles. The molecule has 2 fully saturated rings. The third-order valence-corrected chi connectivity index (χ3v) is 6.59. The summed E-state index contributed by atoms with van der Waals surface area (Å²) < 4.78 is 0.941. The third kappa shape index (κ3) is 2.96. The number of hydrogen-bond donors (Lipinski definition) is 0. The second kappa shape index (κ2) is 5.66. The SMILES string of the molecule is CN(CC(=O)c1sccc1Br)CC1CC2CCC1C2. The van der Waals surface area contributed by atoms with Gasteiger partial charge in [0, 0.05) is 11.0 Å². The lowest BCUT2D eigenvalue weighted by Crippen LogP contribution is -2.32. The van der Waals surface area contributed by atoms with Crippen LogP contribution in [0.1, 0.15) is 35.4 Å². The Bertz CT molecular complexity index is 472. The van der Waals surface area contributed by atoms with Crippen LogP contribution in [0.2, 0.25) is 0 Å². The topological polar surface area (TPSA) is 20.3 Å². The molecule has 0 N–H and O–H groups in total. The molecule has 104 valence electrons. The van der Waals surface area contributed by atoms with E-state index < -0.39 is 0 Å². The second-order valence-electron chi connectivity index (χ2n) is 6.15. The Morgan fingerprint density at radius 3 is 2.89 bits per heavy atom. The molecule has 1 heterocycles. The van der Waals surface area contributed by atoms with Crippen LogP contribution in [0.3, 0.4) is 0 Å². The van der Waals surface area contributed by atoms with E-state index in [1.807, 2.05) is 11.4 Å². The van der Waals surface area contributed by atoms with Gasteiger partial charge in [-0.05, 0) is 71.4 Å². The van der Waals surface area contributed by atoms with Crippen LogP contribution in [0, 0.1) is 17.8 Å². The number of likely N-dealkylation sites (N-methyl/N-ethyl adjacent to an activating group) is 1. The molecule has 2 aliphatic rings. The molecule has 0 spiro atoms. The van der Waals surface area contributed by atoms with Gasteiger partial charge in [-0.15, -0.1) is 11.3 Å². The third-order valence-electron chi connectivity index (χ3n) is 4.71.